The van der Waals surface area contributed by atoms with Crippen LogP contribution < -0.4 is 10.5 Å². The predicted octanol–water partition coefficient (Wildman–Crippen LogP) is 5.11. The summed E-state index contributed by atoms with van der Waals surface area (Å²) in [6.07, 6.45) is 2.02. The third kappa shape index (κ3) is 4.96. The molecule has 2 N–H and O–H groups in total. The first kappa shape index (κ1) is 18.2. The second-order valence-electron chi connectivity index (χ2n) is 6.65. The van der Waals surface area contributed by atoms with Crippen molar-refractivity contribution < 1.29 is 4.74 Å². The summed E-state index contributed by atoms with van der Waals surface area (Å²) in [7, 11) is 0. The fraction of sp³-hybridized carbons (Fsp3) is 0.250. The molecule has 0 bridgehead atoms. The van der Waals surface area contributed by atoms with E-state index in [2.05, 4.69) is 61.5 Å². The van der Waals surface area contributed by atoms with Gasteiger partial charge in [0.25, 0.3) is 0 Å². The molecule has 0 aliphatic carbocycles. The highest BCUT2D eigenvalue weighted by Crippen LogP contribution is 2.24. The van der Waals surface area contributed by atoms with Crippen molar-refractivity contribution in [2.45, 2.75) is 32.3 Å². The predicted molar refractivity (Wildman–Crippen MR) is 109 cm³/mol. The Hall–Kier alpha value is -2.58. The molecule has 2 nitrogen and oxygen atoms in total. The topological polar surface area (TPSA) is 35.2 Å². The lowest BCUT2D eigenvalue weighted by Crippen LogP contribution is -2.15. The maximum Gasteiger partial charge on any atom is 0.120 e. The smallest absolute Gasteiger partial charge is 0.120 e. The minimum absolute atomic E-state index is 0.294. The molecule has 3 aromatic carbocycles. The molecule has 1 unspecified atom stereocenters. The van der Waals surface area contributed by atoms with Gasteiger partial charge in [-0.2, -0.15) is 0 Å². The Labute approximate surface area is 156 Å². The van der Waals surface area contributed by atoms with Gasteiger partial charge in [0.15, 0.2) is 0 Å². The minimum atomic E-state index is 0.294. The third-order valence-electron chi connectivity index (χ3n) is 4.78. The monoisotopic (exact) mass is 345 g/mol. The van der Waals surface area contributed by atoms with E-state index in [9.17, 15) is 0 Å². The fourth-order valence-electron chi connectivity index (χ4n) is 3.13. The van der Waals surface area contributed by atoms with E-state index in [1.807, 2.05) is 24.3 Å². The van der Waals surface area contributed by atoms with Crippen molar-refractivity contribution >= 4 is 0 Å². The molecule has 0 saturated carbocycles. The van der Waals surface area contributed by atoms with Gasteiger partial charge < -0.3 is 10.5 Å². The summed E-state index contributed by atoms with van der Waals surface area (Å²) in [5, 5.41) is 0. The van der Waals surface area contributed by atoms with Crippen molar-refractivity contribution in [3.63, 3.8) is 0 Å². The Morgan fingerprint density at radius 1 is 0.808 bits per heavy atom. The average molecular weight is 345 g/mol. The van der Waals surface area contributed by atoms with Crippen molar-refractivity contribution in [1.29, 1.82) is 0 Å². The van der Waals surface area contributed by atoms with Crippen LogP contribution in [0, 0.1) is 0 Å². The van der Waals surface area contributed by atoms with Crippen LogP contribution in [0.1, 0.15) is 35.1 Å². The first-order chi connectivity index (χ1) is 12.8. The van der Waals surface area contributed by atoms with Crippen molar-refractivity contribution in [2.75, 3.05) is 6.54 Å². The summed E-state index contributed by atoms with van der Waals surface area (Å²) < 4.78 is 5.97. The molecule has 0 saturated heterocycles. The number of aryl methyl sites for hydroxylation is 1. The average Bonchev–Trinajstić information content (AvgIpc) is 2.72. The number of benzene rings is 3. The SMILES string of the molecule is CCc1ccc(CC(CN)c2cccc(OCc3ccccc3)c2)cc1. The first-order valence-electron chi connectivity index (χ1n) is 9.33. The number of ether oxygens (including phenoxy) is 1. The van der Waals surface area contributed by atoms with E-state index < -0.39 is 0 Å². The molecule has 0 aliphatic heterocycles. The first-order valence-corrected chi connectivity index (χ1v) is 9.33. The van der Waals surface area contributed by atoms with Gasteiger partial charge in [0, 0.05) is 5.92 Å². The summed E-state index contributed by atoms with van der Waals surface area (Å²) in [6.45, 7) is 3.38. The maximum atomic E-state index is 6.08. The maximum absolute atomic E-state index is 6.08. The number of hydrogen-bond donors (Lipinski definition) is 1. The molecule has 0 spiro atoms. The van der Waals surface area contributed by atoms with Gasteiger partial charge in [0.2, 0.25) is 0 Å². The summed E-state index contributed by atoms with van der Waals surface area (Å²) in [6, 6.07) is 27.4. The molecular formula is C24H27NO. The Morgan fingerprint density at radius 3 is 2.23 bits per heavy atom. The van der Waals surface area contributed by atoms with Crippen molar-refractivity contribution in [2.24, 2.45) is 5.73 Å². The molecule has 0 heterocycles. The zero-order chi connectivity index (χ0) is 18.2. The van der Waals surface area contributed by atoms with Crippen LogP contribution in [0.5, 0.6) is 5.75 Å². The standard InChI is InChI=1S/C24H27NO/c1-2-19-11-13-20(14-12-19)15-23(17-25)22-9-6-10-24(16-22)26-18-21-7-4-3-5-8-21/h3-14,16,23H,2,15,17-18,25H2,1H3. The number of nitrogens with two attached hydrogens (primary N) is 1. The number of hydrogen-bond acceptors (Lipinski definition) is 2. The van der Waals surface area contributed by atoms with Gasteiger partial charge in [-0.05, 0) is 53.8 Å². The Kier molecular flexibility index (Phi) is 6.45. The highest BCUT2D eigenvalue weighted by atomic mass is 16.5. The van der Waals surface area contributed by atoms with Gasteiger partial charge in [-0.3, -0.25) is 0 Å². The van der Waals surface area contributed by atoms with E-state index >= 15 is 0 Å². The third-order valence-corrected chi connectivity index (χ3v) is 4.78. The van der Waals surface area contributed by atoms with Gasteiger partial charge in [0.05, 0.1) is 0 Å². The molecule has 0 radical (unpaired) electrons. The zero-order valence-corrected chi connectivity index (χ0v) is 15.4. The summed E-state index contributed by atoms with van der Waals surface area (Å²) >= 11 is 0. The van der Waals surface area contributed by atoms with Crippen LogP contribution >= 0.6 is 0 Å². The lowest BCUT2D eigenvalue weighted by Gasteiger charge is -2.17. The van der Waals surface area contributed by atoms with E-state index in [-0.39, 0.29) is 0 Å². The molecule has 134 valence electrons. The summed E-state index contributed by atoms with van der Waals surface area (Å²) in [5.41, 5.74) is 11.2. The van der Waals surface area contributed by atoms with Crippen molar-refractivity contribution in [3.05, 3.63) is 101 Å². The molecule has 26 heavy (non-hydrogen) atoms. The molecular weight excluding hydrogens is 318 g/mol. The van der Waals surface area contributed by atoms with Crippen molar-refractivity contribution in [3.8, 4) is 5.75 Å². The second kappa shape index (κ2) is 9.21. The largest absolute Gasteiger partial charge is 0.489 e. The molecule has 2 heteroatoms. The Balaban J connectivity index is 1.67. The van der Waals surface area contributed by atoms with Crippen LogP contribution in [0.2, 0.25) is 0 Å². The minimum Gasteiger partial charge on any atom is -0.489 e. The van der Waals surface area contributed by atoms with E-state index in [0.717, 1.165) is 18.6 Å². The Bertz CT molecular complexity index is 796. The highest BCUT2D eigenvalue weighted by Gasteiger charge is 2.12. The lowest BCUT2D eigenvalue weighted by atomic mass is 9.91. The van der Waals surface area contributed by atoms with Crippen LogP contribution in [-0.4, -0.2) is 6.54 Å². The van der Waals surface area contributed by atoms with Crippen LogP contribution in [0.25, 0.3) is 0 Å². The molecule has 3 aromatic rings. The van der Waals surface area contributed by atoms with Gasteiger partial charge in [-0.15, -0.1) is 0 Å². The van der Waals surface area contributed by atoms with E-state index in [1.165, 1.54) is 22.3 Å². The summed E-state index contributed by atoms with van der Waals surface area (Å²) in [5.74, 6) is 1.19. The van der Waals surface area contributed by atoms with Gasteiger partial charge in [0.1, 0.15) is 12.4 Å². The van der Waals surface area contributed by atoms with E-state index in [1.54, 1.807) is 0 Å². The quantitative estimate of drug-likeness (QED) is 0.615. The Morgan fingerprint density at radius 2 is 1.54 bits per heavy atom. The van der Waals surface area contributed by atoms with Gasteiger partial charge in [-0.25, -0.2) is 0 Å². The second-order valence-corrected chi connectivity index (χ2v) is 6.65. The fourth-order valence-corrected chi connectivity index (χ4v) is 3.13. The lowest BCUT2D eigenvalue weighted by molar-refractivity contribution is 0.305. The van der Waals surface area contributed by atoms with E-state index in [0.29, 0.717) is 19.1 Å². The molecule has 1 atom stereocenters. The zero-order valence-electron chi connectivity index (χ0n) is 15.4. The van der Waals surface area contributed by atoms with Crippen LogP contribution in [0.3, 0.4) is 0 Å². The van der Waals surface area contributed by atoms with Gasteiger partial charge in [-0.1, -0.05) is 73.7 Å². The number of rotatable bonds is 8. The highest BCUT2D eigenvalue weighted by molar-refractivity contribution is 5.33. The normalized spacial score (nSPS) is 11.9. The molecule has 0 fully saturated rings. The molecule has 0 amide bonds. The van der Waals surface area contributed by atoms with Gasteiger partial charge >= 0.3 is 0 Å². The molecule has 3 rings (SSSR count). The van der Waals surface area contributed by atoms with Crippen LogP contribution in [-0.2, 0) is 19.4 Å². The summed E-state index contributed by atoms with van der Waals surface area (Å²) in [4.78, 5) is 0. The molecule has 0 aromatic heterocycles. The van der Waals surface area contributed by atoms with Crippen LogP contribution in [0.15, 0.2) is 78.9 Å². The molecule has 0 aliphatic rings. The van der Waals surface area contributed by atoms with E-state index in [4.69, 9.17) is 10.5 Å². The van der Waals surface area contributed by atoms with Crippen LogP contribution in [0.4, 0.5) is 0 Å². The van der Waals surface area contributed by atoms with Crippen molar-refractivity contribution in [1.82, 2.24) is 0 Å².